The quantitative estimate of drug-likeness (QED) is 0.592. The Hall–Kier alpha value is -0.750. The highest BCUT2D eigenvalue weighted by Gasteiger charge is 2.18. The standard InChI is InChI=1S/C13H15Cl/c1-10-4-2-3-5-13(10)11-6-8-12(14)9-7-11/h6-9,13H,1-5H2/t13-/m1/s1. The SMILES string of the molecule is C=C1CCCC[C@H]1c1ccc(Cl)cc1. The van der Waals surface area contributed by atoms with Gasteiger partial charge in [0.1, 0.15) is 0 Å². The Kier molecular flexibility index (Phi) is 2.93. The largest absolute Gasteiger partial charge is 0.0992 e. The van der Waals surface area contributed by atoms with Crippen LogP contribution in [-0.4, -0.2) is 0 Å². The van der Waals surface area contributed by atoms with Crippen molar-refractivity contribution in [3.63, 3.8) is 0 Å². The van der Waals surface area contributed by atoms with Crippen molar-refractivity contribution in [2.45, 2.75) is 31.6 Å². The predicted molar refractivity (Wildman–Crippen MR) is 61.8 cm³/mol. The van der Waals surface area contributed by atoms with Crippen LogP contribution in [0.15, 0.2) is 36.4 Å². The third-order valence-electron chi connectivity index (χ3n) is 3.01. The predicted octanol–water partition coefficient (Wildman–Crippen LogP) is 4.55. The molecular weight excluding hydrogens is 192 g/mol. The zero-order chi connectivity index (χ0) is 9.97. The topological polar surface area (TPSA) is 0 Å². The van der Waals surface area contributed by atoms with Crippen LogP contribution in [0.4, 0.5) is 0 Å². The monoisotopic (exact) mass is 206 g/mol. The number of allylic oxidation sites excluding steroid dienone is 1. The molecule has 0 saturated heterocycles. The molecule has 1 saturated carbocycles. The Morgan fingerprint density at radius 3 is 2.50 bits per heavy atom. The molecule has 0 bridgehead atoms. The van der Waals surface area contributed by atoms with E-state index < -0.39 is 0 Å². The lowest BCUT2D eigenvalue weighted by Crippen LogP contribution is -2.07. The molecule has 0 amide bonds. The normalized spacial score (nSPS) is 22.4. The molecule has 0 nitrogen and oxygen atoms in total. The van der Waals surface area contributed by atoms with E-state index in [4.69, 9.17) is 11.6 Å². The van der Waals surface area contributed by atoms with E-state index in [1.165, 1.54) is 36.8 Å². The van der Waals surface area contributed by atoms with Gasteiger partial charge in [0.25, 0.3) is 0 Å². The van der Waals surface area contributed by atoms with Crippen LogP contribution in [0.1, 0.15) is 37.2 Å². The van der Waals surface area contributed by atoms with Crippen LogP contribution in [0.2, 0.25) is 5.02 Å². The van der Waals surface area contributed by atoms with Gasteiger partial charge in [-0.1, -0.05) is 42.3 Å². The number of hydrogen-bond acceptors (Lipinski definition) is 0. The van der Waals surface area contributed by atoms with Crippen molar-refractivity contribution in [3.8, 4) is 0 Å². The average Bonchev–Trinajstić information content (AvgIpc) is 2.20. The van der Waals surface area contributed by atoms with Crippen molar-refractivity contribution in [2.24, 2.45) is 0 Å². The van der Waals surface area contributed by atoms with Gasteiger partial charge in [-0.25, -0.2) is 0 Å². The van der Waals surface area contributed by atoms with Gasteiger partial charge in [-0.05, 0) is 37.0 Å². The highest BCUT2D eigenvalue weighted by molar-refractivity contribution is 6.30. The van der Waals surface area contributed by atoms with Gasteiger partial charge in [0.2, 0.25) is 0 Å². The first-order valence-corrected chi connectivity index (χ1v) is 5.58. The second-order valence-corrected chi connectivity index (χ2v) is 4.44. The molecule has 14 heavy (non-hydrogen) atoms. The van der Waals surface area contributed by atoms with E-state index >= 15 is 0 Å². The second kappa shape index (κ2) is 4.18. The van der Waals surface area contributed by atoms with E-state index in [2.05, 4.69) is 18.7 Å². The molecule has 0 spiro atoms. The van der Waals surface area contributed by atoms with Gasteiger partial charge in [0.15, 0.2) is 0 Å². The summed E-state index contributed by atoms with van der Waals surface area (Å²) in [6.45, 7) is 4.16. The maximum atomic E-state index is 5.86. The maximum absolute atomic E-state index is 5.86. The molecule has 1 aliphatic carbocycles. The third kappa shape index (κ3) is 2.01. The fraction of sp³-hybridized carbons (Fsp3) is 0.385. The molecule has 1 heteroatoms. The zero-order valence-corrected chi connectivity index (χ0v) is 9.06. The van der Waals surface area contributed by atoms with E-state index in [1.54, 1.807) is 0 Å². The van der Waals surface area contributed by atoms with Crippen molar-refractivity contribution in [2.75, 3.05) is 0 Å². The van der Waals surface area contributed by atoms with Gasteiger partial charge in [-0.15, -0.1) is 0 Å². The summed E-state index contributed by atoms with van der Waals surface area (Å²) in [5.41, 5.74) is 2.76. The molecule has 1 aromatic carbocycles. The second-order valence-electron chi connectivity index (χ2n) is 4.01. The molecule has 0 N–H and O–H groups in total. The van der Waals surface area contributed by atoms with Crippen molar-refractivity contribution in [1.29, 1.82) is 0 Å². The Bertz CT molecular complexity index is 324. The smallest absolute Gasteiger partial charge is 0.0406 e. The van der Waals surface area contributed by atoms with Crippen LogP contribution in [0.25, 0.3) is 0 Å². The minimum Gasteiger partial charge on any atom is -0.0992 e. The minimum atomic E-state index is 0.570. The Morgan fingerprint density at radius 1 is 1.14 bits per heavy atom. The van der Waals surface area contributed by atoms with Crippen molar-refractivity contribution < 1.29 is 0 Å². The molecular formula is C13H15Cl. The summed E-state index contributed by atoms with van der Waals surface area (Å²) < 4.78 is 0. The highest BCUT2D eigenvalue weighted by Crippen LogP contribution is 2.36. The first-order chi connectivity index (χ1) is 6.77. The van der Waals surface area contributed by atoms with E-state index in [-0.39, 0.29) is 0 Å². The van der Waals surface area contributed by atoms with Crippen LogP contribution < -0.4 is 0 Å². The van der Waals surface area contributed by atoms with Crippen LogP contribution in [0.5, 0.6) is 0 Å². The zero-order valence-electron chi connectivity index (χ0n) is 8.30. The van der Waals surface area contributed by atoms with Gasteiger partial charge in [-0.2, -0.15) is 0 Å². The Balaban J connectivity index is 2.20. The summed E-state index contributed by atoms with van der Waals surface area (Å²) in [7, 11) is 0. The van der Waals surface area contributed by atoms with Gasteiger partial charge in [0.05, 0.1) is 0 Å². The Morgan fingerprint density at radius 2 is 1.86 bits per heavy atom. The molecule has 0 heterocycles. The fourth-order valence-electron chi connectivity index (χ4n) is 2.18. The van der Waals surface area contributed by atoms with Gasteiger partial charge >= 0.3 is 0 Å². The minimum absolute atomic E-state index is 0.570. The van der Waals surface area contributed by atoms with Crippen molar-refractivity contribution in [3.05, 3.63) is 47.0 Å². The molecule has 0 unspecified atom stereocenters. The van der Waals surface area contributed by atoms with Crippen molar-refractivity contribution >= 4 is 11.6 Å². The lowest BCUT2D eigenvalue weighted by atomic mass is 9.81. The molecule has 2 rings (SSSR count). The van der Waals surface area contributed by atoms with Crippen molar-refractivity contribution in [1.82, 2.24) is 0 Å². The number of benzene rings is 1. The number of rotatable bonds is 1. The average molecular weight is 207 g/mol. The Labute approximate surface area is 90.6 Å². The summed E-state index contributed by atoms with van der Waals surface area (Å²) in [4.78, 5) is 0. The van der Waals surface area contributed by atoms with Crippen LogP contribution >= 0.6 is 11.6 Å². The summed E-state index contributed by atoms with van der Waals surface area (Å²) in [6.07, 6.45) is 5.07. The van der Waals surface area contributed by atoms with Crippen LogP contribution in [-0.2, 0) is 0 Å². The lowest BCUT2D eigenvalue weighted by Gasteiger charge is -2.24. The molecule has 0 radical (unpaired) electrons. The number of hydrogen-bond donors (Lipinski definition) is 0. The van der Waals surface area contributed by atoms with E-state index in [0.29, 0.717) is 5.92 Å². The summed E-state index contributed by atoms with van der Waals surface area (Å²) >= 11 is 5.86. The molecule has 1 aliphatic rings. The highest BCUT2D eigenvalue weighted by atomic mass is 35.5. The van der Waals surface area contributed by atoms with E-state index in [1.807, 2.05) is 12.1 Å². The first kappa shape index (κ1) is 9.79. The number of halogens is 1. The molecule has 74 valence electrons. The maximum Gasteiger partial charge on any atom is 0.0406 e. The van der Waals surface area contributed by atoms with Gasteiger partial charge in [-0.3, -0.25) is 0 Å². The summed E-state index contributed by atoms with van der Waals surface area (Å²) in [5.74, 6) is 0.570. The molecule has 1 atom stereocenters. The van der Waals surface area contributed by atoms with Gasteiger partial charge in [0, 0.05) is 10.9 Å². The van der Waals surface area contributed by atoms with E-state index in [9.17, 15) is 0 Å². The third-order valence-corrected chi connectivity index (χ3v) is 3.26. The molecule has 1 fully saturated rings. The fourth-order valence-corrected chi connectivity index (χ4v) is 2.30. The van der Waals surface area contributed by atoms with E-state index in [0.717, 1.165) is 5.02 Å². The molecule has 0 aromatic heterocycles. The molecule has 0 aliphatic heterocycles. The van der Waals surface area contributed by atoms with Crippen LogP contribution in [0.3, 0.4) is 0 Å². The lowest BCUT2D eigenvalue weighted by molar-refractivity contribution is 0.542. The van der Waals surface area contributed by atoms with Gasteiger partial charge < -0.3 is 0 Å². The van der Waals surface area contributed by atoms with Crippen LogP contribution in [0, 0.1) is 0 Å². The first-order valence-electron chi connectivity index (χ1n) is 5.20. The molecule has 1 aromatic rings. The summed E-state index contributed by atoms with van der Waals surface area (Å²) in [5, 5.41) is 0.815. The summed E-state index contributed by atoms with van der Waals surface area (Å²) in [6, 6.07) is 8.20.